The smallest absolute Gasteiger partial charge is 0.296 e. The quantitative estimate of drug-likeness (QED) is 0.677. The molecule has 0 bridgehead atoms. The Balaban J connectivity index is 2.06. The van der Waals surface area contributed by atoms with Gasteiger partial charge in [0, 0.05) is 12.1 Å². The first kappa shape index (κ1) is 16.7. The molecule has 3 rings (SSSR count). The molecule has 1 aromatic carbocycles. The predicted molar refractivity (Wildman–Crippen MR) is 88.3 cm³/mol. The normalized spacial score (nSPS) is 22.8. The van der Waals surface area contributed by atoms with Crippen LogP contribution in [-0.2, 0) is 9.59 Å². The van der Waals surface area contributed by atoms with Crippen molar-refractivity contribution in [3.8, 4) is 11.8 Å². The van der Waals surface area contributed by atoms with Gasteiger partial charge in [0.1, 0.15) is 11.7 Å². The Morgan fingerprint density at radius 2 is 1.80 bits per heavy atom. The van der Waals surface area contributed by atoms with Crippen LogP contribution in [0.15, 0.2) is 54.9 Å². The van der Waals surface area contributed by atoms with Crippen molar-refractivity contribution < 1.29 is 18.9 Å². The maximum Gasteiger partial charge on any atom is 0.296 e. The number of aromatic nitrogens is 1. The van der Waals surface area contributed by atoms with Crippen LogP contribution in [0.5, 0.6) is 5.75 Å². The van der Waals surface area contributed by atoms with Crippen molar-refractivity contribution in [2.24, 2.45) is 5.92 Å². The first-order valence-corrected chi connectivity index (χ1v) is 8.08. The molecule has 0 saturated carbocycles. The molecular formula is C19H18N3O3+. The van der Waals surface area contributed by atoms with Gasteiger partial charge in [-0.05, 0) is 24.6 Å². The number of hydrogen-bond donors (Lipinski definition) is 1. The molecule has 1 fully saturated rings. The maximum atomic E-state index is 12.5. The molecule has 0 radical (unpaired) electrons. The van der Waals surface area contributed by atoms with E-state index in [2.05, 4.69) is 11.4 Å². The van der Waals surface area contributed by atoms with Crippen molar-refractivity contribution in [3.05, 3.63) is 60.4 Å². The van der Waals surface area contributed by atoms with Crippen LogP contribution < -0.4 is 14.6 Å². The number of benzene rings is 1. The zero-order valence-electron chi connectivity index (χ0n) is 13.8. The van der Waals surface area contributed by atoms with Gasteiger partial charge < -0.3 is 4.74 Å². The Bertz CT molecular complexity index is 812. The lowest BCUT2D eigenvalue weighted by Gasteiger charge is -2.30. The molecule has 1 aromatic heterocycles. The van der Waals surface area contributed by atoms with Crippen molar-refractivity contribution in [1.82, 2.24) is 5.32 Å². The largest absolute Gasteiger partial charge is 0.494 e. The second kappa shape index (κ2) is 7.14. The number of imide groups is 1. The molecule has 0 unspecified atom stereocenters. The van der Waals surface area contributed by atoms with E-state index in [4.69, 9.17) is 4.74 Å². The van der Waals surface area contributed by atoms with E-state index < -0.39 is 29.7 Å². The molecule has 3 atom stereocenters. The van der Waals surface area contributed by atoms with E-state index in [9.17, 15) is 14.9 Å². The summed E-state index contributed by atoms with van der Waals surface area (Å²) < 4.78 is 7.17. The number of carbonyl (C=O) groups excluding carboxylic acids is 2. The number of nitriles is 1. The highest BCUT2D eigenvalue weighted by atomic mass is 16.5. The number of carbonyl (C=O) groups is 2. The van der Waals surface area contributed by atoms with Crippen LogP contribution in [0.4, 0.5) is 0 Å². The molecule has 2 heterocycles. The molecular weight excluding hydrogens is 318 g/mol. The number of hydrogen-bond acceptors (Lipinski definition) is 4. The summed E-state index contributed by atoms with van der Waals surface area (Å²) in [6, 6.07) is 14.0. The summed E-state index contributed by atoms with van der Waals surface area (Å²) in [6.45, 7) is 2.44. The van der Waals surface area contributed by atoms with Crippen LogP contribution in [0.25, 0.3) is 0 Å². The molecule has 1 N–H and O–H groups in total. The van der Waals surface area contributed by atoms with Gasteiger partial charge >= 0.3 is 0 Å². The third kappa shape index (κ3) is 3.22. The minimum atomic E-state index is -0.951. The van der Waals surface area contributed by atoms with Gasteiger partial charge in [-0.1, -0.05) is 18.2 Å². The molecule has 6 heteroatoms. The van der Waals surface area contributed by atoms with Crippen LogP contribution in [-0.4, -0.2) is 18.4 Å². The van der Waals surface area contributed by atoms with Crippen molar-refractivity contribution in [2.45, 2.75) is 18.9 Å². The number of amides is 2. The van der Waals surface area contributed by atoms with E-state index in [0.29, 0.717) is 12.4 Å². The second-order valence-electron chi connectivity index (χ2n) is 5.76. The van der Waals surface area contributed by atoms with Gasteiger partial charge in [-0.2, -0.15) is 9.83 Å². The summed E-state index contributed by atoms with van der Waals surface area (Å²) in [5, 5.41) is 11.8. The van der Waals surface area contributed by atoms with Gasteiger partial charge in [0.05, 0.1) is 18.6 Å². The molecule has 1 saturated heterocycles. The highest BCUT2D eigenvalue weighted by molar-refractivity contribution is 6.02. The molecule has 25 heavy (non-hydrogen) atoms. The van der Waals surface area contributed by atoms with Crippen LogP contribution in [0.2, 0.25) is 0 Å². The van der Waals surface area contributed by atoms with Gasteiger partial charge in [0.15, 0.2) is 12.4 Å². The predicted octanol–water partition coefficient (Wildman–Crippen LogP) is 1.49. The topological polar surface area (TPSA) is 83.1 Å². The van der Waals surface area contributed by atoms with Gasteiger partial charge in [0.25, 0.3) is 5.91 Å². The molecule has 0 spiro atoms. The van der Waals surface area contributed by atoms with Crippen LogP contribution >= 0.6 is 0 Å². The van der Waals surface area contributed by atoms with Gasteiger partial charge in [-0.15, -0.1) is 0 Å². The Labute approximate surface area is 145 Å². The fourth-order valence-corrected chi connectivity index (χ4v) is 3.17. The molecule has 1 aliphatic rings. The van der Waals surface area contributed by atoms with E-state index in [0.717, 1.165) is 5.56 Å². The highest BCUT2D eigenvalue weighted by Crippen LogP contribution is 2.36. The molecule has 126 valence electrons. The molecule has 0 aliphatic carbocycles. The van der Waals surface area contributed by atoms with E-state index in [-0.39, 0.29) is 0 Å². The van der Waals surface area contributed by atoms with Crippen molar-refractivity contribution in [3.63, 3.8) is 0 Å². The summed E-state index contributed by atoms with van der Waals surface area (Å²) in [5.74, 6) is -1.79. The summed E-state index contributed by atoms with van der Waals surface area (Å²) in [7, 11) is 0. The zero-order valence-corrected chi connectivity index (χ0v) is 13.8. The van der Waals surface area contributed by atoms with Crippen LogP contribution in [0.3, 0.4) is 0 Å². The van der Waals surface area contributed by atoms with Crippen LogP contribution in [0, 0.1) is 17.2 Å². The maximum absolute atomic E-state index is 12.5. The third-order valence-corrected chi connectivity index (χ3v) is 4.27. The second-order valence-corrected chi connectivity index (χ2v) is 5.76. The minimum Gasteiger partial charge on any atom is -0.494 e. The first-order chi connectivity index (χ1) is 12.2. The van der Waals surface area contributed by atoms with E-state index in [1.807, 2.05) is 25.1 Å². The van der Waals surface area contributed by atoms with Crippen molar-refractivity contribution in [1.29, 1.82) is 5.26 Å². The summed E-state index contributed by atoms with van der Waals surface area (Å²) in [6.07, 6.45) is 3.52. The third-order valence-electron chi connectivity index (χ3n) is 4.27. The fraction of sp³-hybridized carbons (Fsp3) is 0.263. The minimum absolute atomic E-state index is 0.411. The lowest BCUT2D eigenvalue weighted by molar-refractivity contribution is -0.713. The first-order valence-electron chi connectivity index (χ1n) is 8.08. The highest BCUT2D eigenvalue weighted by Gasteiger charge is 2.50. The summed E-state index contributed by atoms with van der Waals surface area (Å²) in [5.41, 5.74) is 0.750. The van der Waals surface area contributed by atoms with E-state index >= 15 is 0 Å². The lowest BCUT2D eigenvalue weighted by atomic mass is 9.77. The van der Waals surface area contributed by atoms with Gasteiger partial charge in [-0.3, -0.25) is 14.9 Å². The van der Waals surface area contributed by atoms with Crippen molar-refractivity contribution in [2.75, 3.05) is 6.61 Å². The van der Waals surface area contributed by atoms with Crippen LogP contribution in [0.1, 0.15) is 24.4 Å². The molecule has 6 nitrogen and oxygen atoms in total. The number of rotatable bonds is 4. The van der Waals surface area contributed by atoms with E-state index in [1.165, 1.54) is 0 Å². The SMILES string of the molecule is CCOc1ccc([C@H]2[C@H](C#N)C(=O)NC(=O)[C@@H]2[n+]2ccccc2)cc1. The van der Waals surface area contributed by atoms with Gasteiger partial charge in [-0.25, -0.2) is 0 Å². The number of piperidine rings is 1. The molecule has 1 aliphatic heterocycles. The Hall–Kier alpha value is -3.20. The van der Waals surface area contributed by atoms with Crippen molar-refractivity contribution >= 4 is 11.8 Å². The van der Waals surface area contributed by atoms with E-state index in [1.54, 1.807) is 41.2 Å². The number of nitrogens with zero attached hydrogens (tertiary/aromatic N) is 2. The summed E-state index contributed by atoms with van der Waals surface area (Å²) in [4.78, 5) is 24.7. The van der Waals surface area contributed by atoms with Gasteiger partial charge in [0.2, 0.25) is 11.9 Å². The number of nitrogens with one attached hydrogen (secondary N) is 1. The molecule has 2 aromatic rings. The number of pyridine rings is 1. The average Bonchev–Trinajstić information content (AvgIpc) is 2.63. The standard InChI is InChI=1S/C19H17N3O3/c1-2-25-14-8-6-13(7-9-14)16-15(12-20)18(23)21-19(24)17(16)22-10-4-3-5-11-22/h3-11,15-17H,2H2,1H3/p+1/t15-,16-,17+/m0/s1. The lowest BCUT2D eigenvalue weighted by Crippen LogP contribution is -2.59. The zero-order chi connectivity index (χ0) is 17.8. The Morgan fingerprint density at radius 1 is 1.12 bits per heavy atom. The Kier molecular flexibility index (Phi) is 4.75. The summed E-state index contributed by atoms with van der Waals surface area (Å²) >= 11 is 0. The molecule has 2 amide bonds. The Morgan fingerprint density at radius 3 is 2.40 bits per heavy atom. The fourth-order valence-electron chi connectivity index (χ4n) is 3.17. The monoisotopic (exact) mass is 336 g/mol. The number of ether oxygens (including phenoxy) is 1. The average molecular weight is 336 g/mol.